The van der Waals surface area contributed by atoms with Crippen LogP contribution in [0.15, 0.2) is 46.3 Å². The number of rotatable bonds is 3. The molecule has 0 aromatic heterocycles. The Balaban J connectivity index is 1.89. The maximum absolute atomic E-state index is 12.2. The summed E-state index contributed by atoms with van der Waals surface area (Å²) >= 11 is 1.29. The van der Waals surface area contributed by atoms with Crippen molar-refractivity contribution < 1.29 is 14.6 Å². The molecule has 0 radical (unpaired) electrons. The number of para-hydroxylation sites is 1. The smallest absolute Gasteiger partial charge is 0.264 e. The van der Waals surface area contributed by atoms with Crippen molar-refractivity contribution in [3.05, 3.63) is 58.0 Å². The van der Waals surface area contributed by atoms with Gasteiger partial charge in [-0.25, -0.2) is 4.99 Å². The summed E-state index contributed by atoms with van der Waals surface area (Å²) in [5.74, 6) is 0.231. The van der Waals surface area contributed by atoms with Gasteiger partial charge in [-0.3, -0.25) is 4.79 Å². The molecule has 0 unspecified atom stereocenters. The van der Waals surface area contributed by atoms with Crippen LogP contribution in [0.1, 0.15) is 16.7 Å². The summed E-state index contributed by atoms with van der Waals surface area (Å²) < 4.78 is 5.09. The number of nitrogens with zero attached hydrogens (tertiary/aromatic N) is 1. The van der Waals surface area contributed by atoms with Crippen molar-refractivity contribution >= 4 is 34.6 Å². The number of phenolic OH excluding ortho intramolecular Hbond substituents is 1. The van der Waals surface area contributed by atoms with Crippen molar-refractivity contribution in [2.75, 3.05) is 7.11 Å². The van der Waals surface area contributed by atoms with Crippen molar-refractivity contribution in [3.8, 4) is 11.5 Å². The largest absolute Gasteiger partial charge is 0.504 e. The molecule has 1 fully saturated rings. The molecule has 1 aliphatic rings. The zero-order valence-corrected chi connectivity index (χ0v) is 15.0. The Morgan fingerprint density at radius 1 is 1.20 bits per heavy atom. The molecule has 2 aromatic rings. The first kappa shape index (κ1) is 17.1. The summed E-state index contributed by atoms with van der Waals surface area (Å²) in [7, 11) is 1.48. The Morgan fingerprint density at radius 3 is 2.60 bits per heavy atom. The lowest BCUT2D eigenvalue weighted by atomic mass is 10.1. The molecule has 3 rings (SSSR count). The monoisotopic (exact) mass is 354 g/mol. The van der Waals surface area contributed by atoms with E-state index in [1.807, 2.05) is 32.0 Å². The average molecular weight is 354 g/mol. The summed E-state index contributed by atoms with van der Waals surface area (Å²) in [6.45, 7) is 3.99. The van der Waals surface area contributed by atoms with E-state index in [1.165, 1.54) is 24.9 Å². The highest BCUT2D eigenvalue weighted by Crippen LogP contribution is 2.32. The van der Waals surface area contributed by atoms with Gasteiger partial charge in [-0.1, -0.05) is 24.3 Å². The summed E-state index contributed by atoms with van der Waals surface area (Å²) in [5.41, 5.74) is 3.75. The zero-order valence-electron chi connectivity index (χ0n) is 14.2. The molecule has 0 bridgehead atoms. The molecule has 128 valence electrons. The Bertz CT molecular complexity index is 883. The number of phenols is 1. The third-order valence-corrected chi connectivity index (χ3v) is 4.72. The van der Waals surface area contributed by atoms with E-state index in [4.69, 9.17) is 4.74 Å². The summed E-state index contributed by atoms with van der Waals surface area (Å²) in [4.78, 5) is 17.3. The van der Waals surface area contributed by atoms with Gasteiger partial charge in [0.1, 0.15) is 0 Å². The molecular weight excluding hydrogens is 336 g/mol. The highest BCUT2D eigenvalue weighted by atomic mass is 32.2. The van der Waals surface area contributed by atoms with Gasteiger partial charge in [-0.2, -0.15) is 0 Å². The van der Waals surface area contributed by atoms with Gasteiger partial charge in [0, 0.05) is 0 Å². The van der Waals surface area contributed by atoms with Gasteiger partial charge in [0.05, 0.1) is 17.7 Å². The lowest BCUT2D eigenvalue weighted by Gasteiger charge is -2.04. The Morgan fingerprint density at radius 2 is 1.92 bits per heavy atom. The van der Waals surface area contributed by atoms with Crippen molar-refractivity contribution in [2.45, 2.75) is 13.8 Å². The van der Waals surface area contributed by atoms with Crippen molar-refractivity contribution in [1.29, 1.82) is 0 Å². The average Bonchev–Trinajstić information content (AvgIpc) is 2.92. The highest BCUT2D eigenvalue weighted by molar-refractivity contribution is 8.18. The number of hydrogen-bond acceptors (Lipinski definition) is 5. The highest BCUT2D eigenvalue weighted by Gasteiger charge is 2.24. The summed E-state index contributed by atoms with van der Waals surface area (Å²) in [6.07, 6.45) is 1.75. The van der Waals surface area contributed by atoms with Crippen LogP contribution in [0.3, 0.4) is 0 Å². The minimum Gasteiger partial charge on any atom is -0.504 e. The van der Waals surface area contributed by atoms with Crippen molar-refractivity contribution in [2.24, 2.45) is 4.99 Å². The number of aliphatic imine (C=N–C) groups is 1. The lowest BCUT2D eigenvalue weighted by Crippen LogP contribution is -2.19. The van der Waals surface area contributed by atoms with Crippen molar-refractivity contribution in [1.82, 2.24) is 5.32 Å². The van der Waals surface area contributed by atoms with Crippen LogP contribution >= 0.6 is 11.8 Å². The third kappa shape index (κ3) is 3.69. The first-order valence-electron chi connectivity index (χ1n) is 7.70. The van der Waals surface area contributed by atoms with Crippen LogP contribution in [0.5, 0.6) is 11.5 Å². The van der Waals surface area contributed by atoms with Crippen LogP contribution in [-0.4, -0.2) is 23.3 Å². The molecule has 1 aliphatic heterocycles. The number of aryl methyl sites for hydroxylation is 2. The molecule has 6 heteroatoms. The van der Waals surface area contributed by atoms with E-state index in [-0.39, 0.29) is 11.7 Å². The van der Waals surface area contributed by atoms with Crippen LogP contribution in [-0.2, 0) is 4.79 Å². The molecule has 2 aromatic carbocycles. The second-order valence-electron chi connectivity index (χ2n) is 5.65. The van der Waals surface area contributed by atoms with Gasteiger partial charge in [-0.15, -0.1) is 0 Å². The number of thioether (sulfide) groups is 1. The molecular formula is C19H18N2O3S. The normalized spacial score (nSPS) is 17.2. The van der Waals surface area contributed by atoms with E-state index < -0.39 is 0 Å². The van der Waals surface area contributed by atoms with Crippen LogP contribution < -0.4 is 10.1 Å². The van der Waals surface area contributed by atoms with Gasteiger partial charge in [0.25, 0.3) is 5.91 Å². The SMILES string of the molecule is COc1cc(/C=C2\SC(=Nc3c(C)cccc3C)NC2=O)ccc1O. The number of ether oxygens (including phenoxy) is 1. The second-order valence-corrected chi connectivity index (χ2v) is 6.68. The number of amides is 1. The first-order valence-corrected chi connectivity index (χ1v) is 8.52. The quantitative estimate of drug-likeness (QED) is 0.820. The van der Waals surface area contributed by atoms with Gasteiger partial charge in [0.2, 0.25) is 0 Å². The van der Waals surface area contributed by atoms with Gasteiger partial charge >= 0.3 is 0 Å². The van der Waals surface area contributed by atoms with Crippen molar-refractivity contribution in [3.63, 3.8) is 0 Å². The fourth-order valence-corrected chi connectivity index (χ4v) is 3.33. The Hall–Kier alpha value is -2.73. The van der Waals surface area contributed by atoms with E-state index in [1.54, 1.807) is 18.2 Å². The number of nitrogens with one attached hydrogen (secondary N) is 1. The molecule has 2 N–H and O–H groups in total. The van der Waals surface area contributed by atoms with Gasteiger partial charge in [-0.05, 0) is 60.5 Å². The van der Waals surface area contributed by atoms with Gasteiger partial charge < -0.3 is 15.2 Å². The molecule has 0 saturated carbocycles. The lowest BCUT2D eigenvalue weighted by molar-refractivity contribution is -0.115. The molecule has 1 saturated heterocycles. The Kier molecular flexibility index (Phi) is 4.81. The maximum Gasteiger partial charge on any atom is 0.264 e. The second kappa shape index (κ2) is 7.03. The number of aromatic hydroxyl groups is 1. The maximum atomic E-state index is 12.2. The molecule has 25 heavy (non-hydrogen) atoms. The van der Waals surface area contributed by atoms with Crippen LogP contribution in [0, 0.1) is 13.8 Å². The van der Waals surface area contributed by atoms with Gasteiger partial charge in [0.15, 0.2) is 16.7 Å². The standard InChI is InChI=1S/C19H18N2O3S/c1-11-5-4-6-12(2)17(11)20-19-21-18(23)16(25-19)10-13-7-8-14(22)15(9-13)24-3/h4-10,22H,1-3H3,(H,20,21,23)/b16-10-. The summed E-state index contributed by atoms with van der Waals surface area (Å²) in [5, 5.41) is 13.0. The topological polar surface area (TPSA) is 70.9 Å². The summed E-state index contributed by atoms with van der Waals surface area (Å²) in [6, 6.07) is 10.9. The van der Waals surface area contributed by atoms with E-state index in [0.717, 1.165) is 22.4 Å². The van der Waals surface area contributed by atoms with E-state index in [2.05, 4.69) is 10.3 Å². The van der Waals surface area contributed by atoms with E-state index in [0.29, 0.717) is 15.8 Å². The number of benzene rings is 2. The first-order chi connectivity index (χ1) is 12.0. The van der Waals surface area contributed by atoms with E-state index >= 15 is 0 Å². The molecule has 1 heterocycles. The molecule has 0 aliphatic carbocycles. The predicted octanol–water partition coefficient (Wildman–Crippen LogP) is 3.91. The number of amidine groups is 1. The third-order valence-electron chi connectivity index (χ3n) is 3.81. The minimum atomic E-state index is -0.193. The zero-order chi connectivity index (χ0) is 18.0. The Labute approximate surface area is 150 Å². The number of hydrogen-bond donors (Lipinski definition) is 2. The molecule has 5 nitrogen and oxygen atoms in total. The fraction of sp³-hybridized carbons (Fsp3) is 0.158. The molecule has 1 amide bonds. The van der Waals surface area contributed by atoms with Crippen LogP contribution in [0.25, 0.3) is 6.08 Å². The molecule has 0 atom stereocenters. The fourth-order valence-electron chi connectivity index (χ4n) is 2.50. The predicted molar refractivity (Wildman–Crippen MR) is 101 cm³/mol. The number of methoxy groups -OCH3 is 1. The molecule has 0 spiro atoms. The van der Waals surface area contributed by atoms with Crippen LogP contribution in [0.2, 0.25) is 0 Å². The van der Waals surface area contributed by atoms with E-state index in [9.17, 15) is 9.90 Å². The van der Waals surface area contributed by atoms with Crippen LogP contribution in [0.4, 0.5) is 5.69 Å². The number of carbonyl (C=O) groups is 1. The minimum absolute atomic E-state index is 0.0606. The number of carbonyl (C=O) groups excluding carboxylic acids is 1.